The Balaban J connectivity index is 1.51. The Bertz CT molecular complexity index is 1390. The van der Waals surface area contributed by atoms with Crippen LogP contribution in [0.4, 0.5) is 24.5 Å². The lowest BCUT2D eigenvalue weighted by Crippen LogP contribution is -2.56. The predicted octanol–water partition coefficient (Wildman–Crippen LogP) is 2.90. The molecule has 4 N–H and O–H groups in total. The molecule has 12 heteroatoms. The largest absolute Gasteiger partial charge is 0.494 e. The van der Waals surface area contributed by atoms with E-state index in [-0.39, 0.29) is 17.4 Å². The minimum atomic E-state index is -1.14. The molecule has 0 radical (unpaired) electrons. The zero-order valence-electron chi connectivity index (χ0n) is 20.7. The minimum Gasteiger partial charge on any atom is -0.494 e. The molecule has 1 amide bonds. The van der Waals surface area contributed by atoms with Crippen molar-refractivity contribution in [1.82, 2.24) is 9.97 Å². The molecule has 3 atom stereocenters. The quantitative estimate of drug-likeness (QED) is 0.461. The lowest BCUT2D eigenvalue weighted by atomic mass is 9.92. The van der Waals surface area contributed by atoms with Gasteiger partial charge in [-0.1, -0.05) is 6.92 Å². The van der Waals surface area contributed by atoms with Crippen molar-refractivity contribution in [2.24, 2.45) is 11.7 Å². The third kappa shape index (κ3) is 4.50. The molecule has 4 heterocycles. The van der Waals surface area contributed by atoms with Crippen molar-refractivity contribution in [2.45, 2.75) is 25.5 Å². The molecule has 9 nitrogen and oxygen atoms in total. The summed E-state index contributed by atoms with van der Waals surface area (Å²) in [6.45, 7) is 3.11. The van der Waals surface area contributed by atoms with Gasteiger partial charge in [0.05, 0.1) is 43.0 Å². The summed E-state index contributed by atoms with van der Waals surface area (Å²) in [5.74, 6) is -3.95. The number of nitrogens with one attached hydrogen (secondary N) is 1. The molecular weight excluding hydrogens is 503 g/mol. The molecule has 2 aliphatic heterocycles. The van der Waals surface area contributed by atoms with Gasteiger partial charge < -0.3 is 30.5 Å². The zero-order chi connectivity index (χ0) is 27.1. The van der Waals surface area contributed by atoms with E-state index in [0.717, 1.165) is 29.8 Å². The summed E-state index contributed by atoms with van der Waals surface area (Å²) in [6.07, 6.45) is 1.32. The molecular formula is C26H26F3N5O4. The molecule has 2 aliphatic rings. The summed E-state index contributed by atoms with van der Waals surface area (Å²) in [6, 6.07) is 3.52. The molecule has 0 aliphatic carbocycles. The first-order chi connectivity index (χ1) is 18.2. The Morgan fingerprint density at radius 2 is 1.97 bits per heavy atom. The fourth-order valence-electron chi connectivity index (χ4n) is 4.91. The standard InChI is InChI=1S/C26H26F3N5O4/c1-12-10-34(11-16(30)24(12)35)23-13-7-8-38-26(13)31-9-18(23)33-25(36)17-5-3-15(28)22(32-17)20-14(27)4-6-19(37-2)21(20)29/h3-6,9,12,16,24,35H,7-8,10-11,30H2,1-2H3,(H,33,36). The maximum atomic E-state index is 14.8. The number of rotatable bonds is 5. The molecule has 38 heavy (non-hydrogen) atoms. The van der Waals surface area contributed by atoms with E-state index >= 15 is 0 Å². The highest BCUT2D eigenvalue weighted by Gasteiger charge is 2.35. The summed E-state index contributed by atoms with van der Waals surface area (Å²) in [4.78, 5) is 23.5. The first-order valence-electron chi connectivity index (χ1n) is 12.0. The molecule has 0 bridgehead atoms. The van der Waals surface area contributed by atoms with Gasteiger partial charge in [0.2, 0.25) is 5.88 Å². The number of aliphatic hydroxyl groups excluding tert-OH is 1. The molecule has 0 saturated carbocycles. The molecule has 1 saturated heterocycles. The van der Waals surface area contributed by atoms with Crippen LogP contribution in [0.3, 0.4) is 0 Å². The van der Waals surface area contributed by atoms with Gasteiger partial charge >= 0.3 is 0 Å². The second-order valence-corrected chi connectivity index (χ2v) is 9.36. The maximum Gasteiger partial charge on any atom is 0.274 e. The summed E-state index contributed by atoms with van der Waals surface area (Å²) in [5, 5.41) is 13.1. The van der Waals surface area contributed by atoms with Crippen LogP contribution in [-0.4, -0.2) is 59.9 Å². The van der Waals surface area contributed by atoms with Crippen molar-refractivity contribution in [2.75, 3.05) is 37.0 Å². The SMILES string of the molecule is COc1ccc(F)c(-c2nc(C(=O)Nc3cnc4c(c3N3CC(C)C(O)C(N)C3)CCO4)ccc2F)c1F. The number of amides is 1. The van der Waals surface area contributed by atoms with E-state index in [1.807, 2.05) is 11.8 Å². The van der Waals surface area contributed by atoms with Gasteiger partial charge in [-0.3, -0.25) is 4.79 Å². The lowest BCUT2D eigenvalue weighted by molar-refractivity contribution is 0.0785. The number of pyridine rings is 2. The fraction of sp³-hybridized carbons (Fsp3) is 0.346. The Hall–Kier alpha value is -3.90. The predicted molar refractivity (Wildman–Crippen MR) is 133 cm³/mol. The van der Waals surface area contributed by atoms with Gasteiger partial charge in [-0.25, -0.2) is 23.1 Å². The molecule has 1 fully saturated rings. The van der Waals surface area contributed by atoms with Crippen LogP contribution in [0.15, 0.2) is 30.5 Å². The van der Waals surface area contributed by atoms with Crippen molar-refractivity contribution in [3.8, 4) is 22.9 Å². The summed E-state index contributed by atoms with van der Waals surface area (Å²) in [7, 11) is 1.19. The molecule has 3 aromatic rings. The highest BCUT2D eigenvalue weighted by Crippen LogP contribution is 2.40. The number of carbonyl (C=O) groups is 1. The number of ether oxygens (including phenoxy) is 2. The topological polar surface area (TPSA) is 123 Å². The van der Waals surface area contributed by atoms with E-state index in [2.05, 4.69) is 15.3 Å². The number of fused-ring (bicyclic) bond motifs is 1. The number of benzene rings is 1. The van der Waals surface area contributed by atoms with Crippen LogP contribution < -0.4 is 25.4 Å². The lowest BCUT2D eigenvalue weighted by Gasteiger charge is -2.41. The molecule has 5 rings (SSSR count). The maximum absolute atomic E-state index is 14.8. The van der Waals surface area contributed by atoms with Gasteiger partial charge in [0.1, 0.15) is 23.0 Å². The molecule has 3 unspecified atom stereocenters. The van der Waals surface area contributed by atoms with Crippen molar-refractivity contribution >= 4 is 17.3 Å². The normalized spacial score (nSPS) is 20.6. The van der Waals surface area contributed by atoms with Gasteiger partial charge in [0.15, 0.2) is 11.6 Å². The van der Waals surface area contributed by atoms with Crippen LogP contribution in [0.2, 0.25) is 0 Å². The monoisotopic (exact) mass is 529 g/mol. The molecule has 200 valence electrons. The number of halogens is 3. The van der Waals surface area contributed by atoms with Crippen molar-refractivity contribution in [3.05, 3.63) is 59.2 Å². The van der Waals surface area contributed by atoms with Crippen LogP contribution in [0, 0.1) is 23.4 Å². The van der Waals surface area contributed by atoms with E-state index in [1.54, 1.807) is 0 Å². The fourth-order valence-corrected chi connectivity index (χ4v) is 4.91. The summed E-state index contributed by atoms with van der Waals surface area (Å²) >= 11 is 0. The van der Waals surface area contributed by atoms with Gasteiger partial charge in [0, 0.05) is 37.0 Å². The number of hydrogen-bond acceptors (Lipinski definition) is 8. The third-order valence-corrected chi connectivity index (χ3v) is 6.82. The number of hydrogen-bond donors (Lipinski definition) is 3. The van der Waals surface area contributed by atoms with Crippen molar-refractivity contribution < 1.29 is 32.5 Å². The highest BCUT2D eigenvalue weighted by atomic mass is 19.1. The van der Waals surface area contributed by atoms with Crippen LogP contribution in [0.25, 0.3) is 11.3 Å². The number of anilines is 2. The number of piperidine rings is 1. The average Bonchev–Trinajstić information content (AvgIpc) is 3.37. The van der Waals surface area contributed by atoms with E-state index in [1.165, 1.54) is 13.3 Å². The zero-order valence-corrected chi connectivity index (χ0v) is 20.7. The number of methoxy groups -OCH3 is 1. The molecule has 0 spiro atoms. The third-order valence-electron chi connectivity index (χ3n) is 6.82. The van der Waals surface area contributed by atoms with Gasteiger partial charge in [-0.2, -0.15) is 0 Å². The number of nitrogens with zero attached hydrogens (tertiary/aromatic N) is 3. The van der Waals surface area contributed by atoms with Crippen LogP contribution in [0.5, 0.6) is 11.6 Å². The smallest absolute Gasteiger partial charge is 0.274 e. The first kappa shape index (κ1) is 25.7. The second kappa shape index (κ2) is 10.1. The number of aliphatic hydroxyl groups is 1. The second-order valence-electron chi connectivity index (χ2n) is 9.36. The highest BCUT2D eigenvalue weighted by molar-refractivity contribution is 6.05. The molecule has 2 aromatic heterocycles. The van der Waals surface area contributed by atoms with Gasteiger partial charge in [-0.15, -0.1) is 0 Å². The Morgan fingerprint density at radius 1 is 1.21 bits per heavy atom. The Labute approximate surface area is 216 Å². The van der Waals surface area contributed by atoms with E-state index < -0.39 is 46.8 Å². The van der Waals surface area contributed by atoms with Crippen LogP contribution in [-0.2, 0) is 6.42 Å². The average molecular weight is 530 g/mol. The van der Waals surface area contributed by atoms with Crippen LogP contribution in [0.1, 0.15) is 23.0 Å². The number of nitrogens with two attached hydrogens (primary N) is 1. The van der Waals surface area contributed by atoms with Crippen LogP contribution >= 0.6 is 0 Å². The number of aromatic nitrogens is 2. The number of carbonyl (C=O) groups excluding carboxylic acids is 1. The molecule has 1 aromatic carbocycles. The summed E-state index contributed by atoms with van der Waals surface area (Å²) in [5.41, 5.74) is 6.26. The van der Waals surface area contributed by atoms with Gasteiger partial charge in [-0.05, 0) is 24.3 Å². The summed E-state index contributed by atoms with van der Waals surface area (Å²) < 4.78 is 54.5. The Morgan fingerprint density at radius 3 is 2.71 bits per heavy atom. The van der Waals surface area contributed by atoms with Crippen molar-refractivity contribution in [1.29, 1.82) is 0 Å². The van der Waals surface area contributed by atoms with E-state index in [9.17, 15) is 23.1 Å². The van der Waals surface area contributed by atoms with Gasteiger partial charge in [0.25, 0.3) is 5.91 Å². The van der Waals surface area contributed by atoms with Crippen molar-refractivity contribution in [3.63, 3.8) is 0 Å². The van der Waals surface area contributed by atoms with E-state index in [0.29, 0.717) is 43.4 Å². The first-order valence-corrected chi connectivity index (χ1v) is 12.0. The Kier molecular flexibility index (Phi) is 6.84. The van der Waals surface area contributed by atoms with E-state index in [4.69, 9.17) is 15.2 Å². The minimum absolute atomic E-state index is 0.137.